The molecular formula is C18H32O2. The van der Waals surface area contributed by atoms with E-state index in [9.17, 15) is 10.2 Å². The molecule has 20 heavy (non-hydrogen) atoms. The highest BCUT2D eigenvalue weighted by atomic mass is 16.3. The molecule has 0 aliphatic carbocycles. The minimum Gasteiger partial charge on any atom is -0.508 e. The van der Waals surface area contributed by atoms with Crippen LogP contribution in [0, 0.1) is 0 Å². The van der Waals surface area contributed by atoms with E-state index in [0.717, 1.165) is 24.0 Å². The Kier molecular flexibility index (Phi) is 6.60. The molecule has 0 radical (unpaired) electrons. The predicted molar refractivity (Wildman–Crippen MR) is 87.8 cm³/mol. The van der Waals surface area contributed by atoms with Crippen molar-refractivity contribution in [3.63, 3.8) is 0 Å². The third-order valence-electron chi connectivity index (χ3n) is 4.34. The van der Waals surface area contributed by atoms with Gasteiger partial charge in [-0.25, -0.2) is 0 Å². The van der Waals surface area contributed by atoms with Crippen LogP contribution >= 0.6 is 0 Å². The molecule has 0 spiro atoms. The molecule has 0 aliphatic rings. The van der Waals surface area contributed by atoms with Gasteiger partial charge in [0.25, 0.3) is 0 Å². The molecule has 1 rings (SSSR count). The van der Waals surface area contributed by atoms with Crippen LogP contribution < -0.4 is 0 Å². The quantitative estimate of drug-likeness (QED) is 0.715. The zero-order valence-electron chi connectivity index (χ0n) is 14.5. The summed E-state index contributed by atoms with van der Waals surface area (Å²) in [6, 6.07) is 3.46. The smallest absolute Gasteiger partial charge is 0.119 e. The van der Waals surface area contributed by atoms with Crippen molar-refractivity contribution in [2.75, 3.05) is 0 Å². The summed E-state index contributed by atoms with van der Waals surface area (Å²) < 4.78 is 0. The number of phenolic OH excluding ortho intramolecular Hbond substituents is 2. The average Bonchev–Trinajstić information content (AvgIpc) is 2.42. The zero-order valence-corrected chi connectivity index (χ0v) is 14.5. The van der Waals surface area contributed by atoms with Crippen LogP contribution in [0.15, 0.2) is 12.1 Å². The Morgan fingerprint density at radius 3 is 1.20 bits per heavy atom. The Bertz CT molecular complexity index is 390. The van der Waals surface area contributed by atoms with Crippen LogP contribution in [-0.4, -0.2) is 10.2 Å². The maximum absolute atomic E-state index is 10.2. The topological polar surface area (TPSA) is 40.5 Å². The molecule has 1 aromatic carbocycles. The first-order valence-corrected chi connectivity index (χ1v) is 7.72. The van der Waals surface area contributed by atoms with Gasteiger partial charge in [0, 0.05) is 11.1 Å². The summed E-state index contributed by atoms with van der Waals surface area (Å²) >= 11 is 0. The maximum Gasteiger partial charge on any atom is 0.119 e. The molecule has 0 heterocycles. The van der Waals surface area contributed by atoms with E-state index < -0.39 is 0 Å². The summed E-state index contributed by atoms with van der Waals surface area (Å²) in [7, 11) is 0. The van der Waals surface area contributed by atoms with Gasteiger partial charge < -0.3 is 10.2 Å². The Morgan fingerprint density at radius 2 is 1.00 bits per heavy atom. The van der Waals surface area contributed by atoms with Gasteiger partial charge in [-0.3, -0.25) is 0 Å². The van der Waals surface area contributed by atoms with Crippen molar-refractivity contribution >= 4 is 0 Å². The Hall–Kier alpha value is -1.18. The fourth-order valence-electron chi connectivity index (χ4n) is 2.04. The summed E-state index contributed by atoms with van der Waals surface area (Å²) in [4.78, 5) is 0. The lowest BCUT2D eigenvalue weighted by atomic mass is 9.77. The second kappa shape index (κ2) is 7.01. The predicted octanol–water partition coefficient (Wildman–Crippen LogP) is 5.50. The number of rotatable bonds is 4. The van der Waals surface area contributed by atoms with Gasteiger partial charge in [0.15, 0.2) is 0 Å². The van der Waals surface area contributed by atoms with Crippen molar-refractivity contribution in [1.29, 1.82) is 0 Å². The van der Waals surface area contributed by atoms with E-state index >= 15 is 0 Å². The van der Waals surface area contributed by atoms with E-state index in [1.807, 2.05) is 13.8 Å². The zero-order chi connectivity index (χ0) is 16.1. The van der Waals surface area contributed by atoms with Crippen molar-refractivity contribution in [1.82, 2.24) is 0 Å². The van der Waals surface area contributed by atoms with E-state index in [0.29, 0.717) is 0 Å². The van der Waals surface area contributed by atoms with Crippen molar-refractivity contribution in [2.24, 2.45) is 0 Å². The molecule has 116 valence electrons. The minimum absolute atomic E-state index is 0.129. The SMILES string of the molecule is CC.CCC(C)(C)c1cc(O)c(C(C)(C)CC)cc1O. The van der Waals surface area contributed by atoms with Gasteiger partial charge in [-0.15, -0.1) is 0 Å². The second-order valence-corrected chi connectivity index (χ2v) is 6.36. The minimum atomic E-state index is -0.129. The average molecular weight is 280 g/mol. The third-order valence-corrected chi connectivity index (χ3v) is 4.34. The lowest BCUT2D eigenvalue weighted by molar-refractivity contribution is 0.400. The van der Waals surface area contributed by atoms with Gasteiger partial charge >= 0.3 is 0 Å². The van der Waals surface area contributed by atoms with Gasteiger partial charge in [-0.1, -0.05) is 55.4 Å². The molecule has 0 saturated carbocycles. The molecule has 0 unspecified atom stereocenters. The standard InChI is InChI=1S/C16H26O2.C2H6/c1-7-15(3,4)11-9-14(18)12(10-13(11)17)16(5,6)8-2;1-2/h9-10,17-18H,7-8H2,1-6H3;1-2H3. The van der Waals surface area contributed by atoms with E-state index in [-0.39, 0.29) is 22.3 Å². The molecule has 0 amide bonds. The van der Waals surface area contributed by atoms with Gasteiger partial charge in [-0.2, -0.15) is 0 Å². The number of phenols is 2. The summed E-state index contributed by atoms with van der Waals surface area (Å²) in [5.74, 6) is 0.576. The maximum atomic E-state index is 10.2. The van der Waals surface area contributed by atoms with Crippen molar-refractivity contribution in [2.45, 2.75) is 79.1 Å². The normalized spacial score (nSPS) is 11.8. The molecule has 2 N–H and O–H groups in total. The lowest BCUT2D eigenvalue weighted by Crippen LogP contribution is -2.19. The van der Waals surface area contributed by atoms with Gasteiger partial charge in [0.1, 0.15) is 11.5 Å². The first kappa shape index (κ1) is 18.8. The number of hydrogen-bond acceptors (Lipinski definition) is 2. The molecule has 0 saturated heterocycles. The summed E-state index contributed by atoms with van der Waals surface area (Å²) in [5.41, 5.74) is 1.38. The van der Waals surface area contributed by atoms with Crippen LogP contribution in [-0.2, 0) is 10.8 Å². The summed E-state index contributed by atoms with van der Waals surface area (Å²) in [6.45, 7) is 16.5. The number of benzene rings is 1. The molecule has 0 aromatic heterocycles. The third kappa shape index (κ3) is 3.91. The summed E-state index contributed by atoms with van der Waals surface area (Å²) in [6.07, 6.45) is 1.83. The lowest BCUT2D eigenvalue weighted by Gasteiger charge is -2.29. The van der Waals surface area contributed by atoms with Crippen molar-refractivity contribution in [3.05, 3.63) is 23.3 Å². The molecular weight excluding hydrogens is 248 g/mol. The van der Waals surface area contributed by atoms with Crippen LogP contribution in [0.2, 0.25) is 0 Å². The van der Waals surface area contributed by atoms with Crippen molar-refractivity contribution < 1.29 is 10.2 Å². The van der Waals surface area contributed by atoms with Crippen LogP contribution in [0.3, 0.4) is 0 Å². The van der Waals surface area contributed by atoms with Gasteiger partial charge in [0.2, 0.25) is 0 Å². The highest BCUT2D eigenvalue weighted by Gasteiger charge is 2.27. The number of hydrogen-bond donors (Lipinski definition) is 2. The van der Waals surface area contributed by atoms with Crippen molar-refractivity contribution in [3.8, 4) is 11.5 Å². The molecule has 2 nitrogen and oxygen atoms in total. The summed E-state index contributed by atoms with van der Waals surface area (Å²) in [5, 5.41) is 20.5. The van der Waals surface area contributed by atoms with E-state index in [1.165, 1.54) is 0 Å². The largest absolute Gasteiger partial charge is 0.508 e. The van der Waals surface area contributed by atoms with E-state index in [1.54, 1.807) is 12.1 Å². The fourth-order valence-corrected chi connectivity index (χ4v) is 2.04. The molecule has 0 bridgehead atoms. The first-order valence-electron chi connectivity index (χ1n) is 7.72. The van der Waals surface area contributed by atoms with E-state index in [4.69, 9.17) is 0 Å². The molecule has 1 aromatic rings. The highest BCUT2D eigenvalue weighted by Crippen LogP contribution is 2.42. The fraction of sp³-hybridized carbons (Fsp3) is 0.667. The van der Waals surface area contributed by atoms with E-state index in [2.05, 4.69) is 41.5 Å². The Morgan fingerprint density at radius 1 is 0.750 bits per heavy atom. The van der Waals surface area contributed by atoms with Crippen LogP contribution in [0.5, 0.6) is 11.5 Å². The highest BCUT2D eigenvalue weighted by molar-refractivity contribution is 5.50. The molecule has 2 heteroatoms. The molecule has 0 aliphatic heterocycles. The van der Waals surface area contributed by atoms with Gasteiger partial charge in [-0.05, 0) is 35.8 Å². The second-order valence-electron chi connectivity index (χ2n) is 6.36. The Balaban J connectivity index is 0.00000172. The van der Waals surface area contributed by atoms with Gasteiger partial charge in [0.05, 0.1) is 0 Å². The molecule has 0 fully saturated rings. The van der Waals surface area contributed by atoms with Crippen LogP contribution in [0.1, 0.15) is 79.4 Å². The molecule has 0 atom stereocenters. The first-order chi connectivity index (χ1) is 9.15. The van der Waals surface area contributed by atoms with Crippen LogP contribution in [0.4, 0.5) is 0 Å². The number of aromatic hydroxyl groups is 2. The monoisotopic (exact) mass is 280 g/mol. The Labute approximate surface area is 124 Å². The van der Waals surface area contributed by atoms with Crippen LogP contribution in [0.25, 0.3) is 0 Å².